The summed E-state index contributed by atoms with van der Waals surface area (Å²) in [5, 5.41) is 3.08. The van der Waals surface area contributed by atoms with Crippen LogP contribution in [0.1, 0.15) is 55.6 Å². The van der Waals surface area contributed by atoms with Crippen molar-refractivity contribution in [2.75, 3.05) is 13.6 Å². The summed E-state index contributed by atoms with van der Waals surface area (Å²) in [6.07, 6.45) is 2.71. The zero-order valence-corrected chi connectivity index (χ0v) is 21.3. The number of benzene rings is 2. The maximum absolute atomic E-state index is 13.0. The summed E-state index contributed by atoms with van der Waals surface area (Å²) >= 11 is 6.30. The van der Waals surface area contributed by atoms with Crippen LogP contribution in [0.25, 0.3) is 5.57 Å². The van der Waals surface area contributed by atoms with Crippen LogP contribution in [0.2, 0.25) is 5.02 Å². The Bertz CT molecular complexity index is 1100. The third-order valence-electron chi connectivity index (χ3n) is 5.82. The van der Waals surface area contributed by atoms with Gasteiger partial charge in [0, 0.05) is 30.7 Å². The third kappa shape index (κ3) is 6.57. The van der Waals surface area contributed by atoms with Crippen molar-refractivity contribution in [1.29, 1.82) is 0 Å². The van der Waals surface area contributed by atoms with Gasteiger partial charge >= 0.3 is 0 Å². The quantitative estimate of drug-likeness (QED) is 0.437. The molecular formula is C28H33ClN2O3. The van der Waals surface area contributed by atoms with E-state index < -0.39 is 5.92 Å². The summed E-state index contributed by atoms with van der Waals surface area (Å²) < 4.78 is 5.64. The Kier molecular flexibility index (Phi) is 8.67. The predicted octanol–water partition coefficient (Wildman–Crippen LogP) is 5.80. The molecule has 1 heterocycles. The van der Waals surface area contributed by atoms with Gasteiger partial charge in [0.1, 0.15) is 5.75 Å². The number of carbonyl (C=O) groups excluding carboxylic acids is 2. The Balaban J connectivity index is 1.70. The number of rotatable bonds is 10. The Morgan fingerprint density at radius 3 is 2.35 bits per heavy atom. The van der Waals surface area contributed by atoms with Crippen LogP contribution in [-0.4, -0.2) is 37.1 Å². The normalized spacial score (nSPS) is 14.1. The topological polar surface area (TPSA) is 67.8 Å². The first-order valence-corrected chi connectivity index (χ1v) is 12.1. The summed E-state index contributed by atoms with van der Waals surface area (Å²) in [5.41, 5.74) is 4.94. The Labute approximate surface area is 207 Å². The first-order valence-electron chi connectivity index (χ1n) is 11.7. The molecule has 2 aromatic carbocycles. The number of allylic oxidation sites excluding steroid dienone is 1. The monoisotopic (exact) mass is 480 g/mol. The number of ether oxygens (including phenoxy) is 1. The summed E-state index contributed by atoms with van der Waals surface area (Å²) in [6, 6.07) is 13.2. The van der Waals surface area contributed by atoms with E-state index >= 15 is 0 Å². The molecule has 1 N–H and O–H groups in total. The Morgan fingerprint density at radius 2 is 1.79 bits per heavy atom. The standard InChI is InChI=1S/C28H33ClN2O3/c1-17(2)25-14-23(16-31-25)20-8-6-19(7-9-20)12-22(28(33)30-5)15-26(32)21-10-11-27(24(29)13-21)34-18(3)4/h6-11,13-14,17-18,22H,12,15-16H2,1-5H3,(H,30,33)/t22-/m1/s1. The average molecular weight is 481 g/mol. The van der Waals surface area contributed by atoms with Crippen molar-refractivity contribution in [1.82, 2.24) is 5.32 Å². The fourth-order valence-electron chi connectivity index (χ4n) is 3.94. The van der Waals surface area contributed by atoms with Crippen LogP contribution in [0.4, 0.5) is 0 Å². The molecule has 3 rings (SSSR count). The van der Waals surface area contributed by atoms with E-state index in [4.69, 9.17) is 16.3 Å². The second-order valence-electron chi connectivity index (χ2n) is 9.22. The van der Waals surface area contributed by atoms with E-state index in [2.05, 4.69) is 42.4 Å². The average Bonchev–Trinajstić information content (AvgIpc) is 3.30. The van der Waals surface area contributed by atoms with E-state index in [0.717, 1.165) is 16.8 Å². The van der Waals surface area contributed by atoms with Crippen molar-refractivity contribution >= 4 is 34.6 Å². The van der Waals surface area contributed by atoms with Gasteiger partial charge in [0.2, 0.25) is 5.91 Å². The molecule has 180 valence electrons. The molecule has 0 radical (unpaired) electrons. The van der Waals surface area contributed by atoms with E-state index in [-0.39, 0.29) is 24.2 Å². The highest BCUT2D eigenvalue weighted by Crippen LogP contribution is 2.28. The van der Waals surface area contributed by atoms with Gasteiger partial charge in [-0.05, 0) is 67.2 Å². The van der Waals surface area contributed by atoms with Crippen LogP contribution in [-0.2, 0) is 11.2 Å². The molecule has 0 aliphatic carbocycles. The highest BCUT2D eigenvalue weighted by Gasteiger charge is 2.23. The molecule has 0 saturated carbocycles. The van der Waals surface area contributed by atoms with Gasteiger partial charge in [0.25, 0.3) is 0 Å². The molecule has 0 saturated heterocycles. The minimum Gasteiger partial charge on any atom is -0.489 e. The van der Waals surface area contributed by atoms with Gasteiger partial charge in [0.15, 0.2) is 5.78 Å². The van der Waals surface area contributed by atoms with Crippen molar-refractivity contribution in [3.63, 3.8) is 0 Å². The summed E-state index contributed by atoms with van der Waals surface area (Å²) in [5.74, 6) is 0.195. The van der Waals surface area contributed by atoms with Gasteiger partial charge in [-0.25, -0.2) is 0 Å². The molecule has 0 bridgehead atoms. The fraction of sp³-hybridized carbons (Fsp3) is 0.393. The highest BCUT2D eigenvalue weighted by molar-refractivity contribution is 6.32. The molecule has 2 aromatic rings. The zero-order valence-electron chi connectivity index (χ0n) is 20.5. The molecular weight excluding hydrogens is 448 g/mol. The summed E-state index contributed by atoms with van der Waals surface area (Å²) in [4.78, 5) is 30.1. The number of hydrogen-bond donors (Lipinski definition) is 1. The Morgan fingerprint density at radius 1 is 1.09 bits per heavy atom. The zero-order chi connectivity index (χ0) is 24.8. The van der Waals surface area contributed by atoms with Crippen LogP contribution in [0.5, 0.6) is 5.75 Å². The van der Waals surface area contributed by atoms with Gasteiger partial charge in [-0.2, -0.15) is 0 Å². The van der Waals surface area contributed by atoms with Crippen LogP contribution in [0.3, 0.4) is 0 Å². The van der Waals surface area contributed by atoms with Gasteiger partial charge in [0.05, 0.1) is 17.7 Å². The number of nitrogens with zero attached hydrogens (tertiary/aromatic N) is 1. The number of ketones is 1. The number of amides is 1. The Hall–Kier alpha value is -2.92. The molecule has 34 heavy (non-hydrogen) atoms. The van der Waals surface area contributed by atoms with Crippen molar-refractivity contribution in [2.24, 2.45) is 16.8 Å². The number of nitrogens with one attached hydrogen (secondary N) is 1. The first kappa shape index (κ1) is 25.7. The predicted molar refractivity (Wildman–Crippen MR) is 139 cm³/mol. The first-order chi connectivity index (χ1) is 16.2. The molecule has 1 aliphatic rings. The second-order valence-corrected chi connectivity index (χ2v) is 9.62. The summed E-state index contributed by atoms with van der Waals surface area (Å²) in [6.45, 7) is 8.81. The van der Waals surface area contributed by atoms with Crippen LogP contribution in [0.15, 0.2) is 53.5 Å². The molecule has 0 fully saturated rings. The second kappa shape index (κ2) is 11.5. The van der Waals surface area contributed by atoms with E-state index in [1.165, 1.54) is 5.57 Å². The van der Waals surface area contributed by atoms with E-state index in [1.54, 1.807) is 25.2 Å². The molecule has 1 aliphatic heterocycles. The van der Waals surface area contributed by atoms with E-state index in [9.17, 15) is 9.59 Å². The number of hydrogen-bond acceptors (Lipinski definition) is 4. The lowest BCUT2D eigenvalue weighted by molar-refractivity contribution is -0.124. The lowest BCUT2D eigenvalue weighted by atomic mass is 9.90. The van der Waals surface area contributed by atoms with E-state index in [1.807, 2.05) is 26.0 Å². The number of halogens is 1. The number of carbonyl (C=O) groups is 2. The SMILES string of the molecule is CNC(=O)[C@@H](CC(=O)c1ccc(OC(C)C)c(Cl)c1)Cc1ccc(C2=CC(C(C)C)=NC2)cc1. The molecule has 1 atom stereocenters. The van der Waals surface area contributed by atoms with Crippen LogP contribution in [0, 0.1) is 11.8 Å². The fourth-order valence-corrected chi connectivity index (χ4v) is 4.16. The van der Waals surface area contributed by atoms with E-state index in [0.29, 0.717) is 35.2 Å². The molecule has 0 spiro atoms. The van der Waals surface area contributed by atoms with Crippen LogP contribution >= 0.6 is 11.6 Å². The lowest BCUT2D eigenvalue weighted by Crippen LogP contribution is -2.30. The van der Waals surface area contributed by atoms with Crippen LogP contribution < -0.4 is 10.1 Å². The van der Waals surface area contributed by atoms with Crippen molar-refractivity contribution < 1.29 is 14.3 Å². The van der Waals surface area contributed by atoms with Gasteiger partial charge in [-0.15, -0.1) is 0 Å². The van der Waals surface area contributed by atoms with Crippen molar-refractivity contribution in [3.8, 4) is 5.75 Å². The van der Waals surface area contributed by atoms with Gasteiger partial charge < -0.3 is 10.1 Å². The highest BCUT2D eigenvalue weighted by atomic mass is 35.5. The number of Topliss-reactive ketones (excluding diaryl/α,β-unsaturated/α-hetero) is 1. The largest absolute Gasteiger partial charge is 0.489 e. The van der Waals surface area contributed by atoms with Crippen molar-refractivity contribution in [3.05, 3.63) is 70.3 Å². The summed E-state index contributed by atoms with van der Waals surface area (Å²) in [7, 11) is 1.59. The van der Waals surface area contributed by atoms with Gasteiger partial charge in [-0.3, -0.25) is 14.6 Å². The molecule has 0 unspecified atom stereocenters. The minimum absolute atomic E-state index is 0.0159. The molecule has 5 nitrogen and oxygen atoms in total. The molecule has 1 amide bonds. The maximum atomic E-state index is 13.0. The lowest BCUT2D eigenvalue weighted by Gasteiger charge is -2.16. The van der Waals surface area contributed by atoms with Crippen molar-refractivity contribution in [2.45, 2.75) is 46.6 Å². The maximum Gasteiger partial charge on any atom is 0.223 e. The molecule has 0 aromatic heterocycles. The smallest absolute Gasteiger partial charge is 0.223 e. The minimum atomic E-state index is -0.477. The number of aliphatic imine (C=N–C) groups is 1. The molecule has 6 heteroatoms. The third-order valence-corrected chi connectivity index (χ3v) is 6.11. The van der Waals surface area contributed by atoms with Gasteiger partial charge in [-0.1, -0.05) is 49.7 Å².